The third kappa shape index (κ3) is 10.6. The van der Waals surface area contributed by atoms with Crippen molar-refractivity contribution >= 4 is 91.9 Å². The standard InChI is InChI=1S/2C15H15NO3S.C15H13NO3S.B.Cl2OS.Na.H/c3*1-10-7-8-12-14(9-10)20(18,19)16(2)13-6-4-3-5-11(13)15(12)17;;1-4(2)3;;/h2*3-9,15,17H,1-2H3;3-9H,1-2H3;;;;/q;;;;;+1;-1. The molecule has 13 nitrogen and oxygen atoms in total. The van der Waals surface area contributed by atoms with Gasteiger partial charge in [-0.1, -0.05) is 78.9 Å². The van der Waals surface area contributed by atoms with Crippen LogP contribution < -0.4 is 42.5 Å². The van der Waals surface area contributed by atoms with Gasteiger partial charge in [-0.15, -0.1) is 0 Å². The van der Waals surface area contributed by atoms with Crippen molar-refractivity contribution in [3.8, 4) is 0 Å². The Labute approximate surface area is 423 Å². The summed E-state index contributed by atoms with van der Waals surface area (Å²) in [6.45, 7) is 5.47. The van der Waals surface area contributed by atoms with Crippen LogP contribution in [0.3, 0.4) is 0 Å². The summed E-state index contributed by atoms with van der Waals surface area (Å²) in [6, 6.07) is 35.9. The van der Waals surface area contributed by atoms with E-state index < -0.39 is 51.5 Å². The molecule has 2 N–H and O–H groups in total. The molecule has 0 saturated heterocycles. The van der Waals surface area contributed by atoms with Crippen LogP contribution in [0, 0.1) is 20.8 Å². The minimum absolute atomic E-state index is 0. The van der Waals surface area contributed by atoms with E-state index in [9.17, 15) is 40.3 Å². The number of carbonyl (C=O) groups excluding carboxylic acids is 1. The molecule has 0 spiro atoms. The Bertz CT molecular complexity index is 3050. The molecule has 0 fully saturated rings. The molecule has 3 radical (unpaired) electrons. The van der Waals surface area contributed by atoms with Gasteiger partial charge in [0.05, 0.1) is 31.7 Å². The van der Waals surface area contributed by atoms with E-state index in [1.54, 1.807) is 122 Å². The van der Waals surface area contributed by atoms with Gasteiger partial charge in [-0.05, 0) is 86.0 Å². The normalized spacial score (nSPS) is 17.6. The number of carbonyl (C=O) groups is 1. The molecule has 3 heterocycles. The quantitative estimate of drug-likeness (QED) is 0.161. The van der Waals surface area contributed by atoms with Crippen LogP contribution in [-0.2, 0) is 39.3 Å². The molecule has 2 unspecified atom stereocenters. The predicted molar refractivity (Wildman–Crippen MR) is 258 cm³/mol. The number of nitrogens with zero attached hydrogens (tertiary/aromatic N) is 3. The van der Waals surface area contributed by atoms with Crippen molar-refractivity contribution in [2.75, 3.05) is 34.1 Å². The van der Waals surface area contributed by atoms with Gasteiger partial charge >= 0.3 is 29.6 Å². The Balaban J connectivity index is 0.000000250. The summed E-state index contributed by atoms with van der Waals surface area (Å²) >= 11 is 0. The largest absolute Gasteiger partial charge is 1.00 e. The summed E-state index contributed by atoms with van der Waals surface area (Å²) in [4.78, 5) is 13.0. The first-order valence-electron chi connectivity index (χ1n) is 19.2. The number of hydrogen-bond acceptors (Lipinski definition) is 10. The van der Waals surface area contributed by atoms with Crippen LogP contribution in [0.1, 0.15) is 68.5 Å². The Morgan fingerprint density at radius 3 is 1.24 bits per heavy atom. The molecular weight excluding hydrogens is 975 g/mol. The van der Waals surface area contributed by atoms with Crippen LogP contribution in [0.2, 0.25) is 0 Å². The second-order valence-corrected chi connectivity index (χ2v) is 23.3. The van der Waals surface area contributed by atoms with Crippen LogP contribution in [0.25, 0.3) is 0 Å². The molecule has 3 aliphatic heterocycles. The molecule has 0 bridgehead atoms. The number of para-hydroxylation sites is 3. The first kappa shape index (κ1) is 54.6. The monoisotopic (exact) mass is 1020 g/mol. The molecule has 6 aromatic carbocycles. The number of aryl methyl sites for hydroxylation is 3. The van der Waals surface area contributed by atoms with E-state index in [-0.39, 0.29) is 65.4 Å². The Kier molecular flexibility index (Phi) is 17.8. The second-order valence-electron chi connectivity index (χ2n) is 15.0. The number of aliphatic hydroxyl groups excluding tert-OH is 2. The molecule has 0 aliphatic carbocycles. The number of fused-ring (bicyclic) bond motifs is 6. The van der Waals surface area contributed by atoms with E-state index in [0.29, 0.717) is 44.9 Å². The minimum Gasteiger partial charge on any atom is -1.00 e. The van der Waals surface area contributed by atoms with Gasteiger partial charge in [0.15, 0.2) is 5.78 Å². The smallest absolute Gasteiger partial charge is 1.00 e. The van der Waals surface area contributed by atoms with E-state index in [1.807, 2.05) is 26.0 Å². The molecule has 66 heavy (non-hydrogen) atoms. The number of anilines is 3. The fourth-order valence-electron chi connectivity index (χ4n) is 7.47. The average molecular weight is 1020 g/mol. The fraction of sp³-hybridized carbons (Fsp3) is 0.178. The van der Waals surface area contributed by atoms with Gasteiger partial charge in [0.1, 0.15) is 12.2 Å². The van der Waals surface area contributed by atoms with Crippen LogP contribution >= 0.6 is 21.4 Å². The number of halogens is 2. The Morgan fingerprint density at radius 2 is 0.818 bits per heavy atom. The number of aliphatic hydroxyl groups is 2. The summed E-state index contributed by atoms with van der Waals surface area (Å²) in [5.41, 5.74) is 6.60. The van der Waals surface area contributed by atoms with Gasteiger partial charge in [0, 0.05) is 84.3 Å². The number of rotatable bonds is 0. The van der Waals surface area contributed by atoms with Crippen molar-refractivity contribution in [3.63, 3.8) is 0 Å². The zero-order chi connectivity index (χ0) is 47.1. The zero-order valence-electron chi connectivity index (χ0n) is 37.7. The number of sulfonamides is 3. The van der Waals surface area contributed by atoms with E-state index in [4.69, 9.17) is 4.21 Å². The third-order valence-electron chi connectivity index (χ3n) is 10.9. The van der Waals surface area contributed by atoms with Gasteiger partial charge < -0.3 is 11.6 Å². The number of ketones is 1. The van der Waals surface area contributed by atoms with Crippen molar-refractivity contribution < 1.29 is 75.5 Å². The van der Waals surface area contributed by atoms with Gasteiger partial charge in [-0.2, -0.15) is 0 Å². The predicted octanol–water partition coefficient (Wildman–Crippen LogP) is 4.57. The Morgan fingerprint density at radius 1 is 0.500 bits per heavy atom. The SMILES string of the molecule is Cc1ccc2c(c1)S(=O)(=O)N(C)c1ccccc1C2=O.Cc1ccc2c(c1)S(=O)(=O)N(C)c1ccccc1C2O.Cc1ccc2c(c1)S(=O)(=O)N(C)c1ccccc1C2O.O=S(Cl)Cl.[B].[H-].[Na+]. The number of benzene rings is 6. The molecule has 3 aliphatic rings. The molecule has 9 rings (SSSR count). The number of hydrogen-bond donors (Lipinski definition) is 2. The second kappa shape index (κ2) is 21.5. The first-order valence-corrected chi connectivity index (χ1v) is 26.3. The topological polar surface area (TPSA) is 187 Å². The summed E-state index contributed by atoms with van der Waals surface area (Å²) < 4.78 is 88.8. The summed E-state index contributed by atoms with van der Waals surface area (Å²) in [5.74, 6) is -0.261. The van der Waals surface area contributed by atoms with Crippen molar-refractivity contribution in [2.45, 2.75) is 47.7 Å². The van der Waals surface area contributed by atoms with Crippen LogP contribution in [0.4, 0.5) is 17.1 Å². The van der Waals surface area contributed by atoms with Crippen molar-refractivity contribution in [1.82, 2.24) is 0 Å². The molecule has 341 valence electrons. The molecule has 0 amide bonds. The molecule has 2 atom stereocenters. The van der Waals surface area contributed by atoms with Crippen molar-refractivity contribution in [2.24, 2.45) is 0 Å². The Hall–Kier alpha value is -4.05. The van der Waals surface area contributed by atoms with Crippen molar-refractivity contribution in [3.05, 3.63) is 177 Å². The van der Waals surface area contributed by atoms with Gasteiger partial charge in [-0.25, -0.2) is 29.5 Å². The van der Waals surface area contributed by atoms with Crippen LogP contribution in [0.5, 0.6) is 0 Å². The van der Waals surface area contributed by atoms with Gasteiger partial charge in [0.25, 0.3) is 30.1 Å². The van der Waals surface area contributed by atoms with Gasteiger partial charge in [-0.3, -0.25) is 17.7 Å². The molecule has 6 aromatic rings. The van der Waals surface area contributed by atoms with E-state index in [1.165, 1.54) is 34.1 Å². The van der Waals surface area contributed by atoms with E-state index in [2.05, 4.69) is 21.4 Å². The summed E-state index contributed by atoms with van der Waals surface area (Å²) in [7, 11) is 0.835. The third-order valence-corrected chi connectivity index (χ3v) is 16.3. The first-order chi connectivity index (χ1) is 30.0. The average Bonchev–Trinajstić information content (AvgIpc) is 3.40. The maximum Gasteiger partial charge on any atom is 1.00 e. The molecule has 0 saturated carbocycles. The van der Waals surface area contributed by atoms with E-state index in [0.717, 1.165) is 16.7 Å². The zero-order valence-corrected chi connectivity index (χ0v) is 43.5. The molecule has 0 aromatic heterocycles. The van der Waals surface area contributed by atoms with Gasteiger partial charge in [0.2, 0.25) is 9.23 Å². The fourth-order valence-corrected chi connectivity index (χ4v) is 12.0. The van der Waals surface area contributed by atoms with E-state index >= 15 is 0 Å². The maximum absolute atomic E-state index is 12.7. The summed E-state index contributed by atoms with van der Waals surface area (Å²) in [6.07, 6.45) is -1.89. The van der Waals surface area contributed by atoms with Crippen molar-refractivity contribution in [1.29, 1.82) is 0 Å². The molecule has 21 heteroatoms. The van der Waals surface area contributed by atoms with Crippen LogP contribution in [0.15, 0.2) is 142 Å². The van der Waals surface area contributed by atoms with Crippen LogP contribution in [-0.4, -0.2) is 75.0 Å². The minimum atomic E-state index is -3.71. The molecular formula is C45H44BCl2N3NaO10S4. The maximum atomic E-state index is 12.7. The summed E-state index contributed by atoms with van der Waals surface area (Å²) in [5, 5.41) is 21.1.